The number of aromatic nitrogens is 2. The summed E-state index contributed by atoms with van der Waals surface area (Å²) in [5.41, 5.74) is 1.11. The Balaban J connectivity index is 2.58. The van der Waals surface area contributed by atoms with Gasteiger partial charge in [0.25, 0.3) is 0 Å². The molecule has 0 aromatic carbocycles. The first-order valence-electron chi connectivity index (χ1n) is 4.17. The Morgan fingerprint density at radius 1 is 1.42 bits per heavy atom. The highest BCUT2D eigenvalue weighted by atomic mass is 32.2. The maximum Gasteiger partial charge on any atom is 0.187 e. The third kappa shape index (κ3) is 2.81. The smallest absolute Gasteiger partial charge is 0.187 e. The molecule has 1 atom stereocenters. The Morgan fingerprint density at radius 3 is 2.50 bits per heavy atom. The lowest BCUT2D eigenvalue weighted by Crippen LogP contribution is -1.95. The summed E-state index contributed by atoms with van der Waals surface area (Å²) in [6, 6.07) is 0. The Kier molecular flexibility index (Phi) is 3.53. The largest absolute Gasteiger partial charge is 0.231 e. The molecule has 0 aliphatic rings. The van der Waals surface area contributed by atoms with Crippen LogP contribution in [0.2, 0.25) is 0 Å². The van der Waals surface area contributed by atoms with Crippen LogP contribution in [0.3, 0.4) is 0 Å². The van der Waals surface area contributed by atoms with Gasteiger partial charge in [-0.05, 0) is 18.9 Å². The highest BCUT2D eigenvalue weighted by Crippen LogP contribution is 2.20. The predicted octanol–water partition coefficient (Wildman–Crippen LogP) is 2.68. The van der Waals surface area contributed by atoms with Gasteiger partial charge in [-0.25, -0.2) is 9.97 Å². The molecule has 66 valence electrons. The standard InChI is InChI=1S/C9H14N2S/c1-4-8(3)12-9-10-5-7(2)6-11-9/h5-6,8H,4H2,1-3H3. The van der Waals surface area contributed by atoms with Gasteiger partial charge in [0.2, 0.25) is 0 Å². The van der Waals surface area contributed by atoms with Crippen LogP contribution in [-0.4, -0.2) is 15.2 Å². The van der Waals surface area contributed by atoms with E-state index in [2.05, 4.69) is 23.8 Å². The topological polar surface area (TPSA) is 25.8 Å². The van der Waals surface area contributed by atoms with Crippen LogP contribution in [0.4, 0.5) is 0 Å². The molecule has 0 N–H and O–H groups in total. The van der Waals surface area contributed by atoms with Crippen molar-refractivity contribution >= 4 is 11.8 Å². The van der Waals surface area contributed by atoms with E-state index in [9.17, 15) is 0 Å². The van der Waals surface area contributed by atoms with E-state index in [1.807, 2.05) is 19.3 Å². The second-order valence-electron chi connectivity index (χ2n) is 2.88. The predicted molar refractivity (Wildman–Crippen MR) is 52.4 cm³/mol. The molecule has 1 aromatic rings. The number of nitrogens with zero attached hydrogens (tertiary/aromatic N) is 2. The molecule has 1 unspecified atom stereocenters. The monoisotopic (exact) mass is 182 g/mol. The van der Waals surface area contributed by atoms with Gasteiger partial charge in [-0.3, -0.25) is 0 Å². The van der Waals surface area contributed by atoms with E-state index in [-0.39, 0.29) is 0 Å². The van der Waals surface area contributed by atoms with E-state index < -0.39 is 0 Å². The van der Waals surface area contributed by atoms with Crippen LogP contribution in [0.15, 0.2) is 17.6 Å². The lowest BCUT2D eigenvalue weighted by Gasteiger charge is -2.05. The van der Waals surface area contributed by atoms with Crippen LogP contribution in [-0.2, 0) is 0 Å². The molecule has 0 spiro atoms. The Morgan fingerprint density at radius 2 is 2.00 bits per heavy atom. The van der Waals surface area contributed by atoms with E-state index in [0.717, 1.165) is 17.1 Å². The summed E-state index contributed by atoms with van der Waals surface area (Å²) < 4.78 is 0. The first kappa shape index (κ1) is 9.52. The average molecular weight is 182 g/mol. The second kappa shape index (κ2) is 4.45. The van der Waals surface area contributed by atoms with Gasteiger partial charge in [-0.15, -0.1) is 0 Å². The summed E-state index contributed by atoms with van der Waals surface area (Å²) in [6.07, 6.45) is 4.87. The maximum absolute atomic E-state index is 4.22. The van der Waals surface area contributed by atoms with Crippen LogP contribution in [0, 0.1) is 6.92 Å². The van der Waals surface area contributed by atoms with Crippen molar-refractivity contribution in [2.24, 2.45) is 0 Å². The van der Waals surface area contributed by atoms with Gasteiger partial charge < -0.3 is 0 Å². The first-order chi connectivity index (χ1) is 5.72. The molecule has 0 radical (unpaired) electrons. The molecule has 3 heteroatoms. The van der Waals surface area contributed by atoms with Crippen molar-refractivity contribution in [2.45, 2.75) is 37.6 Å². The second-order valence-corrected chi connectivity index (χ2v) is 4.29. The fourth-order valence-electron chi connectivity index (χ4n) is 0.705. The molecule has 0 saturated heterocycles. The lowest BCUT2D eigenvalue weighted by molar-refractivity contribution is 0.881. The van der Waals surface area contributed by atoms with E-state index in [0.29, 0.717) is 5.25 Å². The summed E-state index contributed by atoms with van der Waals surface area (Å²) in [7, 11) is 0. The van der Waals surface area contributed by atoms with Gasteiger partial charge in [-0.1, -0.05) is 25.6 Å². The van der Waals surface area contributed by atoms with Crippen molar-refractivity contribution in [3.05, 3.63) is 18.0 Å². The molecule has 0 bridgehead atoms. The van der Waals surface area contributed by atoms with Crippen molar-refractivity contribution in [2.75, 3.05) is 0 Å². The maximum atomic E-state index is 4.22. The SMILES string of the molecule is CCC(C)Sc1ncc(C)cn1. The molecule has 1 rings (SSSR count). The normalized spacial score (nSPS) is 12.9. The van der Waals surface area contributed by atoms with Crippen molar-refractivity contribution in [1.82, 2.24) is 9.97 Å². The summed E-state index contributed by atoms with van der Waals surface area (Å²) in [5, 5.41) is 1.49. The third-order valence-electron chi connectivity index (χ3n) is 1.64. The number of thioether (sulfide) groups is 1. The molecule has 0 aliphatic heterocycles. The van der Waals surface area contributed by atoms with E-state index in [4.69, 9.17) is 0 Å². The zero-order valence-corrected chi connectivity index (χ0v) is 8.56. The Hall–Kier alpha value is -0.570. The van der Waals surface area contributed by atoms with Gasteiger partial charge >= 0.3 is 0 Å². The molecule has 2 nitrogen and oxygen atoms in total. The van der Waals surface area contributed by atoms with E-state index in [1.165, 1.54) is 0 Å². The molecular formula is C9H14N2S. The number of hydrogen-bond donors (Lipinski definition) is 0. The molecule has 0 aliphatic carbocycles. The fourth-order valence-corrected chi connectivity index (χ4v) is 1.46. The highest BCUT2D eigenvalue weighted by molar-refractivity contribution is 7.99. The Labute approximate surface area is 77.8 Å². The van der Waals surface area contributed by atoms with Crippen LogP contribution in [0.25, 0.3) is 0 Å². The van der Waals surface area contributed by atoms with E-state index in [1.54, 1.807) is 11.8 Å². The number of aryl methyl sites for hydroxylation is 1. The molecule has 1 aromatic heterocycles. The fraction of sp³-hybridized carbons (Fsp3) is 0.556. The third-order valence-corrected chi connectivity index (χ3v) is 2.80. The molecular weight excluding hydrogens is 168 g/mol. The van der Waals surface area contributed by atoms with Gasteiger partial charge in [0.15, 0.2) is 5.16 Å². The lowest BCUT2D eigenvalue weighted by atomic mass is 10.4. The first-order valence-corrected chi connectivity index (χ1v) is 5.05. The van der Waals surface area contributed by atoms with Gasteiger partial charge in [-0.2, -0.15) is 0 Å². The van der Waals surface area contributed by atoms with Crippen molar-refractivity contribution < 1.29 is 0 Å². The zero-order valence-electron chi connectivity index (χ0n) is 7.74. The summed E-state index contributed by atoms with van der Waals surface area (Å²) in [6.45, 7) is 6.36. The molecule has 1 heterocycles. The van der Waals surface area contributed by atoms with Crippen LogP contribution >= 0.6 is 11.8 Å². The van der Waals surface area contributed by atoms with Gasteiger partial charge in [0.05, 0.1) is 0 Å². The van der Waals surface area contributed by atoms with Crippen molar-refractivity contribution in [3.63, 3.8) is 0 Å². The highest BCUT2D eigenvalue weighted by Gasteiger charge is 2.02. The number of hydrogen-bond acceptors (Lipinski definition) is 3. The number of rotatable bonds is 3. The minimum atomic E-state index is 0.604. The van der Waals surface area contributed by atoms with Crippen LogP contribution < -0.4 is 0 Å². The molecule has 12 heavy (non-hydrogen) atoms. The minimum Gasteiger partial charge on any atom is -0.231 e. The minimum absolute atomic E-state index is 0.604. The summed E-state index contributed by atoms with van der Waals surface area (Å²) in [4.78, 5) is 8.44. The summed E-state index contributed by atoms with van der Waals surface area (Å²) in [5.74, 6) is 0. The zero-order chi connectivity index (χ0) is 8.97. The molecule has 0 amide bonds. The van der Waals surface area contributed by atoms with Gasteiger partial charge in [0.1, 0.15) is 0 Å². The Bertz CT molecular complexity index is 233. The summed E-state index contributed by atoms with van der Waals surface area (Å²) >= 11 is 1.73. The molecule has 0 saturated carbocycles. The quantitative estimate of drug-likeness (QED) is 0.531. The van der Waals surface area contributed by atoms with Crippen molar-refractivity contribution in [3.8, 4) is 0 Å². The van der Waals surface area contributed by atoms with Gasteiger partial charge in [0, 0.05) is 17.6 Å². The average Bonchev–Trinajstić information content (AvgIpc) is 2.09. The van der Waals surface area contributed by atoms with Crippen LogP contribution in [0.1, 0.15) is 25.8 Å². The van der Waals surface area contributed by atoms with Crippen molar-refractivity contribution in [1.29, 1.82) is 0 Å². The van der Waals surface area contributed by atoms with Crippen LogP contribution in [0.5, 0.6) is 0 Å². The molecule has 0 fully saturated rings. The van der Waals surface area contributed by atoms with E-state index >= 15 is 0 Å².